The van der Waals surface area contributed by atoms with Gasteiger partial charge in [-0.05, 0) is 36.2 Å². The number of ether oxygens (including phenoxy) is 1. The van der Waals surface area contributed by atoms with Gasteiger partial charge in [0.2, 0.25) is 5.91 Å². The molecule has 1 aliphatic heterocycles. The SMILES string of the molecule is COc1ccc(N2CCN(C(=O)CCc3cn(C)nc3-c3ccccc3)CC2)cc1. The third-order valence-electron chi connectivity index (χ3n) is 5.63. The summed E-state index contributed by atoms with van der Waals surface area (Å²) in [7, 11) is 3.60. The summed E-state index contributed by atoms with van der Waals surface area (Å²) >= 11 is 0. The minimum absolute atomic E-state index is 0.215. The quantitative estimate of drug-likeness (QED) is 0.632. The minimum atomic E-state index is 0.215. The van der Waals surface area contributed by atoms with Crippen LogP contribution in [-0.4, -0.2) is 53.9 Å². The van der Waals surface area contributed by atoms with Gasteiger partial charge in [0, 0.05) is 57.1 Å². The Balaban J connectivity index is 1.33. The van der Waals surface area contributed by atoms with E-state index in [0.29, 0.717) is 12.8 Å². The number of hydrogen-bond donors (Lipinski definition) is 0. The van der Waals surface area contributed by atoms with Gasteiger partial charge in [0.05, 0.1) is 12.8 Å². The molecule has 6 heteroatoms. The number of carbonyl (C=O) groups excluding carboxylic acids is 1. The average molecular weight is 405 g/mol. The molecular weight excluding hydrogens is 376 g/mol. The summed E-state index contributed by atoms with van der Waals surface area (Å²) in [5.74, 6) is 1.07. The van der Waals surface area contributed by atoms with Crippen molar-refractivity contribution in [1.82, 2.24) is 14.7 Å². The van der Waals surface area contributed by atoms with Crippen LogP contribution in [0, 0.1) is 0 Å². The fourth-order valence-electron chi connectivity index (χ4n) is 3.97. The average Bonchev–Trinajstić information content (AvgIpc) is 3.18. The van der Waals surface area contributed by atoms with Crippen molar-refractivity contribution in [3.8, 4) is 17.0 Å². The molecule has 0 spiro atoms. The lowest BCUT2D eigenvalue weighted by molar-refractivity contribution is -0.131. The topological polar surface area (TPSA) is 50.6 Å². The first-order chi connectivity index (χ1) is 14.6. The van der Waals surface area contributed by atoms with Gasteiger partial charge < -0.3 is 14.5 Å². The Bertz CT molecular complexity index is 974. The highest BCUT2D eigenvalue weighted by atomic mass is 16.5. The Morgan fingerprint density at radius 2 is 1.70 bits per heavy atom. The fourth-order valence-corrected chi connectivity index (χ4v) is 3.97. The van der Waals surface area contributed by atoms with Gasteiger partial charge in [-0.1, -0.05) is 30.3 Å². The van der Waals surface area contributed by atoms with Crippen molar-refractivity contribution in [3.05, 3.63) is 66.4 Å². The van der Waals surface area contributed by atoms with E-state index in [9.17, 15) is 4.79 Å². The smallest absolute Gasteiger partial charge is 0.223 e. The van der Waals surface area contributed by atoms with Gasteiger partial charge in [-0.25, -0.2) is 0 Å². The molecule has 2 heterocycles. The number of methoxy groups -OCH3 is 1. The normalized spacial score (nSPS) is 14.1. The first-order valence-electron chi connectivity index (χ1n) is 10.4. The second-order valence-electron chi connectivity index (χ2n) is 7.61. The van der Waals surface area contributed by atoms with Crippen LogP contribution < -0.4 is 9.64 Å². The van der Waals surface area contributed by atoms with E-state index in [0.717, 1.165) is 48.7 Å². The summed E-state index contributed by atoms with van der Waals surface area (Å²) < 4.78 is 7.06. The van der Waals surface area contributed by atoms with Gasteiger partial charge in [0.15, 0.2) is 0 Å². The van der Waals surface area contributed by atoms with Crippen LogP contribution in [0.4, 0.5) is 5.69 Å². The number of nitrogens with zero attached hydrogens (tertiary/aromatic N) is 4. The second-order valence-corrected chi connectivity index (χ2v) is 7.61. The highest BCUT2D eigenvalue weighted by Gasteiger charge is 2.22. The molecule has 1 aliphatic rings. The lowest BCUT2D eigenvalue weighted by Gasteiger charge is -2.36. The Morgan fingerprint density at radius 3 is 2.37 bits per heavy atom. The first-order valence-corrected chi connectivity index (χ1v) is 10.4. The van der Waals surface area contributed by atoms with Gasteiger partial charge in [-0.15, -0.1) is 0 Å². The van der Waals surface area contributed by atoms with Crippen LogP contribution >= 0.6 is 0 Å². The maximum absolute atomic E-state index is 12.8. The number of rotatable bonds is 6. The van der Waals surface area contributed by atoms with E-state index in [1.54, 1.807) is 7.11 Å². The maximum atomic E-state index is 12.8. The second kappa shape index (κ2) is 9.03. The van der Waals surface area contributed by atoms with Crippen LogP contribution in [0.2, 0.25) is 0 Å². The van der Waals surface area contributed by atoms with Crippen LogP contribution in [0.1, 0.15) is 12.0 Å². The number of amides is 1. The zero-order chi connectivity index (χ0) is 20.9. The molecule has 0 saturated carbocycles. The molecule has 1 amide bonds. The largest absolute Gasteiger partial charge is 0.497 e. The fraction of sp³-hybridized carbons (Fsp3) is 0.333. The zero-order valence-corrected chi connectivity index (χ0v) is 17.6. The highest BCUT2D eigenvalue weighted by Crippen LogP contribution is 2.24. The molecule has 4 rings (SSSR count). The standard InChI is InChI=1S/C24H28N4O2/c1-26-18-20(24(25-26)19-6-4-3-5-7-19)8-13-23(29)28-16-14-27(15-17-28)21-9-11-22(30-2)12-10-21/h3-7,9-12,18H,8,13-17H2,1-2H3. The maximum Gasteiger partial charge on any atom is 0.223 e. The molecule has 0 N–H and O–H groups in total. The molecular formula is C24H28N4O2. The van der Waals surface area contributed by atoms with Crippen molar-refractivity contribution in [1.29, 1.82) is 0 Å². The first kappa shape index (κ1) is 20.0. The summed E-state index contributed by atoms with van der Waals surface area (Å²) in [4.78, 5) is 17.1. The monoisotopic (exact) mass is 404 g/mol. The Kier molecular flexibility index (Phi) is 6.02. The van der Waals surface area contributed by atoms with Gasteiger partial charge in [-0.2, -0.15) is 5.10 Å². The zero-order valence-electron chi connectivity index (χ0n) is 17.6. The molecule has 2 aromatic carbocycles. The third-order valence-corrected chi connectivity index (χ3v) is 5.63. The Hall–Kier alpha value is -3.28. The molecule has 156 valence electrons. The summed E-state index contributed by atoms with van der Waals surface area (Å²) in [5.41, 5.74) is 4.35. The van der Waals surface area contributed by atoms with Gasteiger partial charge >= 0.3 is 0 Å². The van der Waals surface area contributed by atoms with Crippen molar-refractivity contribution >= 4 is 11.6 Å². The number of piperazine rings is 1. The number of anilines is 1. The predicted molar refractivity (Wildman–Crippen MR) is 119 cm³/mol. The molecule has 0 radical (unpaired) electrons. The summed E-state index contributed by atoms with van der Waals surface area (Å²) in [5, 5.41) is 4.60. The third kappa shape index (κ3) is 4.48. The van der Waals surface area contributed by atoms with Crippen LogP contribution in [-0.2, 0) is 18.3 Å². The molecule has 0 unspecified atom stereocenters. The minimum Gasteiger partial charge on any atom is -0.497 e. The molecule has 6 nitrogen and oxygen atoms in total. The lowest BCUT2D eigenvalue weighted by Crippen LogP contribution is -2.48. The number of hydrogen-bond acceptors (Lipinski definition) is 4. The number of benzene rings is 2. The van der Waals surface area contributed by atoms with Crippen molar-refractivity contribution in [3.63, 3.8) is 0 Å². The van der Waals surface area contributed by atoms with Crippen molar-refractivity contribution in [2.45, 2.75) is 12.8 Å². The highest BCUT2D eigenvalue weighted by molar-refractivity contribution is 5.77. The van der Waals surface area contributed by atoms with Crippen LogP contribution in [0.25, 0.3) is 11.3 Å². The summed E-state index contributed by atoms with van der Waals surface area (Å²) in [6, 6.07) is 18.3. The molecule has 3 aromatic rings. The van der Waals surface area contributed by atoms with Crippen molar-refractivity contribution in [2.75, 3.05) is 38.2 Å². The number of carbonyl (C=O) groups is 1. The van der Waals surface area contributed by atoms with E-state index in [4.69, 9.17) is 4.74 Å². The van der Waals surface area contributed by atoms with E-state index < -0.39 is 0 Å². The van der Waals surface area contributed by atoms with Gasteiger partial charge in [0.1, 0.15) is 5.75 Å². The van der Waals surface area contributed by atoms with Crippen molar-refractivity contribution < 1.29 is 9.53 Å². The van der Waals surface area contributed by atoms with Crippen molar-refractivity contribution in [2.24, 2.45) is 7.05 Å². The van der Waals surface area contributed by atoms with Gasteiger partial charge in [0.25, 0.3) is 0 Å². The van der Waals surface area contributed by atoms with E-state index in [1.807, 2.05) is 53.2 Å². The Labute approximate surface area is 177 Å². The molecule has 1 fully saturated rings. The number of aryl methyl sites for hydroxylation is 2. The summed E-state index contributed by atoms with van der Waals surface area (Å²) in [6.45, 7) is 3.20. The van der Waals surface area contributed by atoms with E-state index >= 15 is 0 Å². The molecule has 1 aromatic heterocycles. The molecule has 0 bridgehead atoms. The molecule has 0 aliphatic carbocycles. The van der Waals surface area contributed by atoms with E-state index in [-0.39, 0.29) is 5.91 Å². The van der Waals surface area contributed by atoms with Crippen LogP contribution in [0.3, 0.4) is 0 Å². The predicted octanol–water partition coefficient (Wildman–Crippen LogP) is 3.38. The van der Waals surface area contributed by atoms with Gasteiger partial charge in [-0.3, -0.25) is 9.48 Å². The molecule has 0 atom stereocenters. The Morgan fingerprint density at radius 1 is 1.00 bits per heavy atom. The lowest BCUT2D eigenvalue weighted by atomic mass is 10.0. The molecule has 30 heavy (non-hydrogen) atoms. The van der Waals surface area contributed by atoms with E-state index in [1.165, 1.54) is 5.69 Å². The van der Waals surface area contributed by atoms with Crippen LogP contribution in [0.15, 0.2) is 60.8 Å². The molecule has 1 saturated heterocycles. The van der Waals surface area contributed by atoms with Crippen LogP contribution in [0.5, 0.6) is 5.75 Å². The summed E-state index contributed by atoms with van der Waals surface area (Å²) in [6.07, 6.45) is 3.24. The number of aromatic nitrogens is 2. The van der Waals surface area contributed by atoms with E-state index in [2.05, 4.69) is 34.3 Å².